The number of benzene rings is 2. The number of hydrogen-bond acceptors (Lipinski definition) is 4. The number of anilines is 2. The summed E-state index contributed by atoms with van der Waals surface area (Å²) in [5.74, 6) is -0.915. The molecule has 1 amide bonds. The lowest BCUT2D eigenvalue weighted by Gasteiger charge is -2.13. The number of amides is 1. The molecule has 0 unspecified atom stereocenters. The summed E-state index contributed by atoms with van der Waals surface area (Å²) in [7, 11) is 0. The van der Waals surface area contributed by atoms with Gasteiger partial charge in [0.15, 0.2) is 0 Å². The van der Waals surface area contributed by atoms with Crippen molar-refractivity contribution in [2.75, 3.05) is 17.2 Å². The molecular formula is C16H13ClF4N2O3. The van der Waals surface area contributed by atoms with Gasteiger partial charge in [0.2, 0.25) is 5.91 Å². The van der Waals surface area contributed by atoms with Gasteiger partial charge in [0.25, 0.3) is 0 Å². The second-order valence-corrected chi connectivity index (χ2v) is 5.21. The van der Waals surface area contributed by atoms with E-state index in [1.165, 1.54) is 36.4 Å². The van der Waals surface area contributed by atoms with Gasteiger partial charge in [0, 0.05) is 5.69 Å². The Morgan fingerprint density at radius 1 is 1.00 bits per heavy atom. The van der Waals surface area contributed by atoms with Crippen LogP contribution in [0.1, 0.15) is 0 Å². The molecule has 5 nitrogen and oxygen atoms in total. The van der Waals surface area contributed by atoms with Crippen molar-refractivity contribution in [2.45, 2.75) is 13.2 Å². The summed E-state index contributed by atoms with van der Waals surface area (Å²) in [6.07, 6.45) is 0. The molecule has 2 aromatic carbocycles. The number of carbonyl (C=O) groups excluding carboxylic acids is 1. The number of hydrogen-bond donors (Lipinski definition) is 2. The first kappa shape index (κ1) is 19.6. The van der Waals surface area contributed by atoms with Crippen molar-refractivity contribution in [3.63, 3.8) is 0 Å². The maximum absolute atomic E-state index is 12.3. The third-order valence-corrected chi connectivity index (χ3v) is 3.27. The second kappa shape index (κ2) is 9.14. The molecule has 0 heterocycles. The first-order valence-corrected chi connectivity index (χ1v) is 7.55. The van der Waals surface area contributed by atoms with Gasteiger partial charge in [-0.15, -0.1) is 0 Å². The molecule has 2 rings (SSSR count). The van der Waals surface area contributed by atoms with E-state index < -0.39 is 19.1 Å². The molecule has 0 saturated heterocycles. The molecule has 10 heteroatoms. The highest BCUT2D eigenvalue weighted by molar-refractivity contribution is 6.32. The second-order valence-electron chi connectivity index (χ2n) is 4.80. The summed E-state index contributed by atoms with van der Waals surface area (Å²) in [6.45, 7) is -6.26. The molecule has 0 aliphatic rings. The van der Waals surface area contributed by atoms with Crippen LogP contribution in [0.4, 0.5) is 28.9 Å². The van der Waals surface area contributed by atoms with Crippen molar-refractivity contribution < 1.29 is 31.8 Å². The van der Waals surface area contributed by atoms with Gasteiger partial charge in [-0.05, 0) is 30.3 Å². The monoisotopic (exact) mass is 392 g/mol. The van der Waals surface area contributed by atoms with Gasteiger partial charge < -0.3 is 20.1 Å². The van der Waals surface area contributed by atoms with Gasteiger partial charge in [0.05, 0.1) is 17.3 Å². The molecule has 0 aliphatic carbocycles. The first-order chi connectivity index (χ1) is 12.3. The zero-order valence-electron chi connectivity index (χ0n) is 13.0. The molecule has 0 bridgehead atoms. The Balaban J connectivity index is 1.94. The summed E-state index contributed by atoms with van der Waals surface area (Å²) < 4.78 is 57.5. The lowest BCUT2D eigenvalue weighted by Crippen LogP contribution is -2.22. The first-order valence-electron chi connectivity index (χ1n) is 7.17. The topological polar surface area (TPSA) is 59.6 Å². The van der Waals surface area contributed by atoms with E-state index >= 15 is 0 Å². The van der Waals surface area contributed by atoms with Gasteiger partial charge >= 0.3 is 13.2 Å². The Bertz CT molecular complexity index is 762. The fourth-order valence-electron chi connectivity index (χ4n) is 1.95. The fraction of sp³-hybridized carbons (Fsp3) is 0.188. The van der Waals surface area contributed by atoms with Crippen LogP contribution in [0.5, 0.6) is 11.5 Å². The van der Waals surface area contributed by atoms with Gasteiger partial charge in [0.1, 0.15) is 11.5 Å². The van der Waals surface area contributed by atoms with Crippen molar-refractivity contribution in [2.24, 2.45) is 0 Å². The highest BCUT2D eigenvalue weighted by Gasteiger charge is 2.12. The molecule has 140 valence electrons. The van der Waals surface area contributed by atoms with E-state index in [0.717, 1.165) is 0 Å². The van der Waals surface area contributed by atoms with Crippen molar-refractivity contribution in [1.29, 1.82) is 0 Å². The molecule has 0 saturated carbocycles. The van der Waals surface area contributed by atoms with Crippen LogP contribution in [0.3, 0.4) is 0 Å². The zero-order valence-corrected chi connectivity index (χ0v) is 13.8. The van der Waals surface area contributed by atoms with Crippen LogP contribution >= 0.6 is 11.6 Å². The summed E-state index contributed by atoms with van der Waals surface area (Å²) >= 11 is 5.80. The van der Waals surface area contributed by atoms with Gasteiger partial charge in [-0.1, -0.05) is 23.7 Å². The quantitative estimate of drug-likeness (QED) is 0.645. The Hall–Kier alpha value is -2.68. The summed E-state index contributed by atoms with van der Waals surface area (Å²) in [6, 6.07) is 9.64. The molecule has 0 atom stereocenters. The molecule has 0 radical (unpaired) electrons. The van der Waals surface area contributed by atoms with E-state index in [1.54, 1.807) is 6.07 Å². The Morgan fingerprint density at radius 3 is 2.31 bits per heavy atom. The lowest BCUT2D eigenvalue weighted by atomic mass is 10.3. The number of para-hydroxylation sites is 2. The molecular weight excluding hydrogens is 380 g/mol. The summed E-state index contributed by atoms with van der Waals surface area (Å²) in [5, 5.41) is 5.08. The van der Waals surface area contributed by atoms with E-state index in [1.807, 2.05) is 0 Å². The van der Waals surface area contributed by atoms with E-state index in [9.17, 15) is 22.4 Å². The molecule has 0 aromatic heterocycles. The van der Waals surface area contributed by atoms with Crippen molar-refractivity contribution in [3.8, 4) is 11.5 Å². The van der Waals surface area contributed by atoms with Crippen LogP contribution in [0.15, 0.2) is 42.5 Å². The van der Waals surface area contributed by atoms with Gasteiger partial charge in [-0.25, -0.2) is 0 Å². The fourth-order valence-corrected chi connectivity index (χ4v) is 2.17. The molecule has 26 heavy (non-hydrogen) atoms. The molecule has 2 aromatic rings. The summed E-state index contributed by atoms with van der Waals surface area (Å²) in [5.41, 5.74) is 0.460. The average molecular weight is 393 g/mol. The van der Waals surface area contributed by atoms with E-state index in [4.69, 9.17) is 11.6 Å². The van der Waals surface area contributed by atoms with Crippen LogP contribution in [0.2, 0.25) is 5.02 Å². The number of nitrogens with one attached hydrogen (secondary N) is 2. The van der Waals surface area contributed by atoms with E-state index in [0.29, 0.717) is 5.69 Å². The standard InChI is InChI=1S/C16H13ClF4N2O3/c17-10-7-9(5-6-12(10)25-15(18)19)22-8-14(24)23-11-3-1-2-4-13(11)26-16(20)21/h1-7,15-16,22H,8H2,(H,23,24). The number of alkyl halides is 4. The van der Waals surface area contributed by atoms with E-state index in [2.05, 4.69) is 20.1 Å². The Morgan fingerprint density at radius 2 is 1.65 bits per heavy atom. The van der Waals surface area contributed by atoms with Crippen LogP contribution in [0, 0.1) is 0 Å². The van der Waals surface area contributed by atoms with Crippen molar-refractivity contribution >= 4 is 28.9 Å². The summed E-state index contributed by atoms with van der Waals surface area (Å²) in [4.78, 5) is 11.9. The van der Waals surface area contributed by atoms with Crippen molar-refractivity contribution in [1.82, 2.24) is 0 Å². The maximum Gasteiger partial charge on any atom is 0.387 e. The van der Waals surface area contributed by atoms with Gasteiger partial charge in [-0.3, -0.25) is 4.79 Å². The lowest BCUT2D eigenvalue weighted by molar-refractivity contribution is -0.114. The number of halogens is 5. The van der Waals surface area contributed by atoms with Gasteiger partial charge in [-0.2, -0.15) is 17.6 Å². The number of rotatable bonds is 8. The van der Waals surface area contributed by atoms with Crippen LogP contribution in [0.25, 0.3) is 0 Å². The number of ether oxygens (including phenoxy) is 2. The molecule has 2 N–H and O–H groups in total. The molecule has 0 aliphatic heterocycles. The Labute approximate surface area is 150 Å². The minimum atomic E-state index is -3.03. The SMILES string of the molecule is O=C(CNc1ccc(OC(F)F)c(Cl)c1)Nc1ccccc1OC(F)F. The van der Waals surface area contributed by atoms with Crippen LogP contribution in [-0.2, 0) is 4.79 Å². The normalized spacial score (nSPS) is 10.7. The van der Waals surface area contributed by atoms with Crippen LogP contribution < -0.4 is 20.1 Å². The predicted molar refractivity (Wildman–Crippen MR) is 88.3 cm³/mol. The third kappa shape index (κ3) is 5.99. The molecule has 0 fully saturated rings. The third-order valence-electron chi connectivity index (χ3n) is 2.98. The highest BCUT2D eigenvalue weighted by Crippen LogP contribution is 2.29. The zero-order chi connectivity index (χ0) is 19.1. The number of carbonyl (C=O) groups is 1. The van der Waals surface area contributed by atoms with Crippen LogP contribution in [-0.4, -0.2) is 25.7 Å². The minimum absolute atomic E-state index is 0.0635. The van der Waals surface area contributed by atoms with Crippen molar-refractivity contribution in [3.05, 3.63) is 47.5 Å². The van der Waals surface area contributed by atoms with E-state index in [-0.39, 0.29) is 28.8 Å². The molecule has 0 spiro atoms. The highest BCUT2D eigenvalue weighted by atomic mass is 35.5. The minimum Gasteiger partial charge on any atom is -0.433 e. The largest absolute Gasteiger partial charge is 0.433 e. The Kier molecular flexibility index (Phi) is 6.90. The smallest absolute Gasteiger partial charge is 0.387 e. The maximum atomic E-state index is 12.3. The average Bonchev–Trinajstić information content (AvgIpc) is 2.56. The predicted octanol–water partition coefficient (Wildman–Crippen LogP) is 4.59.